The Morgan fingerprint density at radius 3 is 2.40 bits per heavy atom. The Kier molecular flexibility index (Phi) is 5.58. The summed E-state index contributed by atoms with van der Waals surface area (Å²) in [4.78, 5) is 2.00. The van der Waals surface area contributed by atoms with Crippen molar-refractivity contribution in [2.45, 2.75) is 12.5 Å². The van der Waals surface area contributed by atoms with Crippen LogP contribution in [-0.2, 0) is 4.74 Å². The first-order chi connectivity index (χ1) is 4.72. The molecule has 0 fully saturated rings. The Morgan fingerprint density at radius 1 is 1.50 bits per heavy atom. The third kappa shape index (κ3) is 3.82. The maximum atomic E-state index is 8.83. The van der Waals surface area contributed by atoms with Gasteiger partial charge in [-0.3, -0.25) is 0 Å². The van der Waals surface area contributed by atoms with Crippen LogP contribution in [0, 0.1) is 0 Å². The van der Waals surface area contributed by atoms with E-state index in [2.05, 4.69) is 0 Å². The zero-order valence-corrected chi connectivity index (χ0v) is 7.00. The Bertz CT molecular complexity index is 76.0. The molecule has 0 spiro atoms. The molecule has 0 heterocycles. The van der Waals surface area contributed by atoms with Gasteiger partial charge in [-0.1, -0.05) is 0 Å². The zero-order chi connectivity index (χ0) is 7.98. The molecule has 0 amide bonds. The van der Waals surface area contributed by atoms with Crippen LogP contribution in [0.15, 0.2) is 0 Å². The van der Waals surface area contributed by atoms with Gasteiger partial charge in [-0.2, -0.15) is 0 Å². The summed E-state index contributed by atoms with van der Waals surface area (Å²) in [6.07, 6.45) is 0.889. The van der Waals surface area contributed by atoms with E-state index in [-0.39, 0.29) is 12.6 Å². The number of hydrogen-bond acceptors (Lipinski definition) is 3. The highest BCUT2D eigenvalue weighted by molar-refractivity contribution is 4.62. The summed E-state index contributed by atoms with van der Waals surface area (Å²) in [7, 11) is 5.58. The molecule has 0 rings (SSSR count). The third-order valence-electron chi connectivity index (χ3n) is 1.60. The van der Waals surface area contributed by atoms with Gasteiger partial charge >= 0.3 is 0 Å². The van der Waals surface area contributed by atoms with Crippen molar-refractivity contribution in [3.63, 3.8) is 0 Å². The Morgan fingerprint density at radius 2 is 2.10 bits per heavy atom. The molecule has 1 N–H and O–H groups in total. The minimum atomic E-state index is 0.205. The second-order valence-electron chi connectivity index (χ2n) is 2.58. The van der Waals surface area contributed by atoms with E-state index < -0.39 is 0 Å². The molecule has 0 aliphatic carbocycles. The number of ether oxygens (including phenoxy) is 1. The van der Waals surface area contributed by atoms with E-state index in [0.717, 1.165) is 6.42 Å². The molecule has 0 aromatic rings. The highest BCUT2D eigenvalue weighted by Crippen LogP contribution is 1.97. The summed E-state index contributed by atoms with van der Waals surface area (Å²) in [5.74, 6) is 0. The quantitative estimate of drug-likeness (QED) is 0.591. The van der Waals surface area contributed by atoms with Gasteiger partial charge in [-0.15, -0.1) is 0 Å². The summed E-state index contributed by atoms with van der Waals surface area (Å²) in [5.41, 5.74) is 0. The lowest BCUT2D eigenvalue weighted by Crippen LogP contribution is -2.32. The molecular weight excluding hydrogens is 130 g/mol. The van der Waals surface area contributed by atoms with Crippen molar-refractivity contribution in [3.8, 4) is 0 Å². The lowest BCUT2D eigenvalue weighted by Gasteiger charge is -2.21. The summed E-state index contributed by atoms with van der Waals surface area (Å²) in [6.45, 7) is 0.916. The van der Waals surface area contributed by atoms with E-state index in [4.69, 9.17) is 9.84 Å². The van der Waals surface area contributed by atoms with Gasteiger partial charge in [0.05, 0.1) is 6.61 Å². The first kappa shape index (κ1) is 9.88. The number of aliphatic hydroxyl groups excluding tert-OH is 1. The molecule has 0 saturated carbocycles. The minimum Gasteiger partial charge on any atom is -0.395 e. The number of aliphatic hydroxyl groups is 1. The molecule has 0 radical (unpaired) electrons. The zero-order valence-electron chi connectivity index (χ0n) is 7.00. The van der Waals surface area contributed by atoms with E-state index in [1.807, 2.05) is 19.0 Å². The maximum Gasteiger partial charge on any atom is 0.0587 e. The van der Waals surface area contributed by atoms with Gasteiger partial charge in [-0.25, -0.2) is 0 Å². The molecule has 0 aliphatic heterocycles. The fraction of sp³-hybridized carbons (Fsp3) is 1.00. The van der Waals surface area contributed by atoms with E-state index in [9.17, 15) is 0 Å². The van der Waals surface area contributed by atoms with Crippen LogP contribution in [0.1, 0.15) is 6.42 Å². The van der Waals surface area contributed by atoms with Crippen LogP contribution >= 0.6 is 0 Å². The van der Waals surface area contributed by atoms with Crippen molar-refractivity contribution in [2.75, 3.05) is 34.4 Å². The van der Waals surface area contributed by atoms with Crippen molar-refractivity contribution < 1.29 is 9.84 Å². The van der Waals surface area contributed by atoms with Crippen molar-refractivity contribution >= 4 is 0 Å². The van der Waals surface area contributed by atoms with E-state index in [1.54, 1.807) is 7.11 Å². The molecule has 1 atom stereocenters. The maximum absolute atomic E-state index is 8.83. The summed E-state index contributed by atoms with van der Waals surface area (Å²) < 4.78 is 4.89. The lowest BCUT2D eigenvalue weighted by atomic mass is 10.2. The van der Waals surface area contributed by atoms with Gasteiger partial charge in [0.15, 0.2) is 0 Å². The van der Waals surface area contributed by atoms with Gasteiger partial charge in [0.25, 0.3) is 0 Å². The highest BCUT2D eigenvalue weighted by atomic mass is 16.5. The highest BCUT2D eigenvalue weighted by Gasteiger charge is 2.07. The fourth-order valence-corrected chi connectivity index (χ4v) is 0.767. The molecule has 62 valence electrons. The van der Waals surface area contributed by atoms with Crippen molar-refractivity contribution in [1.29, 1.82) is 0 Å². The molecule has 3 heteroatoms. The number of likely N-dealkylation sites (N-methyl/N-ethyl adjacent to an activating group) is 1. The smallest absolute Gasteiger partial charge is 0.0587 e. The molecule has 10 heavy (non-hydrogen) atoms. The summed E-state index contributed by atoms with van der Waals surface area (Å²) in [6, 6.07) is 0.236. The van der Waals surface area contributed by atoms with Crippen LogP contribution in [0.4, 0.5) is 0 Å². The van der Waals surface area contributed by atoms with Crippen LogP contribution in [0.5, 0.6) is 0 Å². The number of nitrogens with zero attached hydrogens (tertiary/aromatic N) is 1. The molecule has 0 saturated heterocycles. The van der Waals surface area contributed by atoms with Crippen LogP contribution in [-0.4, -0.2) is 50.5 Å². The van der Waals surface area contributed by atoms with Gasteiger partial charge in [0.2, 0.25) is 0 Å². The van der Waals surface area contributed by atoms with E-state index >= 15 is 0 Å². The molecule has 0 aromatic heterocycles. The predicted molar refractivity (Wildman–Crippen MR) is 41.1 cm³/mol. The monoisotopic (exact) mass is 147 g/mol. The lowest BCUT2D eigenvalue weighted by molar-refractivity contribution is 0.118. The van der Waals surface area contributed by atoms with Gasteiger partial charge in [0, 0.05) is 19.8 Å². The fourth-order valence-electron chi connectivity index (χ4n) is 0.767. The molecule has 0 aromatic carbocycles. The van der Waals surface area contributed by atoms with E-state index in [1.165, 1.54) is 0 Å². The predicted octanol–water partition coefficient (Wildman–Crippen LogP) is -0.0546. The third-order valence-corrected chi connectivity index (χ3v) is 1.60. The topological polar surface area (TPSA) is 32.7 Å². The molecular formula is C7H17NO2. The second-order valence-corrected chi connectivity index (χ2v) is 2.58. The van der Waals surface area contributed by atoms with Crippen molar-refractivity contribution in [1.82, 2.24) is 4.90 Å². The van der Waals surface area contributed by atoms with E-state index in [0.29, 0.717) is 6.61 Å². The van der Waals surface area contributed by atoms with Crippen molar-refractivity contribution in [2.24, 2.45) is 0 Å². The molecule has 1 unspecified atom stereocenters. The largest absolute Gasteiger partial charge is 0.395 e. The van der Waals surface area contributed by atoms with Gasteiger partial charge < -0.3 is 14.7 Å². The number of methoxy groups -OCH3 is 1. The Hall–Kier alpha value is -0.120. The Labute approximate surface area is 62.6 Å². The molecule has 0 bridgehead atoms. The standard InChI is InChI=1S/C7H17NO2/c1-8(2)7(6-9)4-5-10-3/h7,9H,4-6H2,1-3H3. The number of hydrogen-bond donors (Lipinski definition) is 1. The van der Waals surface area contributed by atoms with Crippen LogP contribution in [0.25, 0.3) is 0 Å². The van der Waals surface area contributed by atoms with Crippen LogP contribution < -0.4 is 0 Å². The van der Waals surface area contributed by atoms with Crippen molar-refractivity contribution in [3.05, 3.63) is 0 Å². The van der Waals surface area contributed by atoms with Gasteiger partial charge in [-0.05, 0) is 20.5 Å². The minimum absolute atomic E-state index is 0.205. The Balaban J connectivity index is 3.40. The second kappa shape index (κ2) is 5.65. The SMILES string of the molecule is COCCC(CO)N(C)C. The number of rotatable bonds is 5. The first-order valence-electron chi connectivity index (χ1n) is 3.48. The molecule has 3 nitrogen and oxygen atoms in total. The summed E-state index contributed by atoms with van der Waals surface area (Å²) >= 11 is 0. The molecule has 0 aliphatic rings. The normalized spacial score (nSPS) is 14.1. The summed E-state index contributed by atoms with van der Waals surface area (Å²) in [5, 5.41) is 8.83. The van der Waals surface area contributed by atoms with Crippen LogP contribution in [0.2, 0.25) is 0 Å². The average Bonchev–Trinajstić information content (AvgIpc) is 1.89. The first-order valence-corrected chi connectivity index (χ1v) is 3.48. The average molecular weight is 147 g/mol. The van der Waals surface area contributed by atoms with Gasteiger partial charge in [0.1, 0.15) is 0 Å². The van der Waals surface area contributed by atoms with Crippen LogP contribution in [0.3, 0.4) is 0 Å².